The van der Waals surface area contributed by atoms with E-state index in [2.05, 4.69) is 37.3 Å². The van der Waals surface area contributed by atoms with Gasteiger partial charge < -0.3 is 0 Å². The number of unbranched alkanes of at least 4 members (excludes halogenated alkanes) is 6. The first-order valence-electron chi connectivity index (χ1n) is 6.61. The van der Waals surface area contributed by atoms with Crippen LogP contribution in [-0.4, -0.2) is 15.0 Å². The summed E-state index contributed by atoms with van der Waals surface area (Å²) in [5, 5.41) is 1.42. The Labute approximate surface area is 107 Å². The Morgan fingerprint density at radius 1 is 0.812 bits per heavy atom. The molecule has 0 unspecified atom stereocenters. The van der Waals surface area contributed by atoms with Crippen molar-refractivity contribution >= 4 is 19.4 Å². The first kappa shape index (κ1) is 13.8. The molecule has 0 aliphatic carbocycles. The van der Waals surface area contributed by atoms with Gasteiger partial charge in [-0.3, -0.25) is 0 Å². The van der Waals surface area contributed by atoms with E-state index in [0.29, 0.717) is 15.0 Å². The van der Waals surface area contributed by atoms with Gasteiger partial charge >= 0.3 is 107 Å². The third-order valence-corrected chi connectivity index (χ3v) is 5.06. The first-order valence-corrected chi connectivity index (χ1v) is 8.68. The molecule has 90 valence electrons. The molecule has 1 aromatic carbocycles. The zero-order chi connectivity index (χ0) is 11.5. The van der Waals surface area contributed by atoms with Gasteiger partial charge in [-0.05, 0) is 0 Å². The predicted octanol–water partition coefficient (Wildman–Crippen LogP) is 4.19. The minimum absolute atomic E-state index is 0.713. The molecule has 0 aliphatic rings. The molecule has 1 aromatic rings. The van der Waals surface area contributed by atoms with Gasteiger partial charge in [-0.25, -0.2) is 0 Å². The molecule has 0 N–H and O–H groups in total. The van der Waals surface area contributed by atoms with Crippen LogP contribution in [0.5, 0.6) is 0 Å². The van der Waals surface area contributed by atoms with Crippen molar-refractivity contribution < 1.29 is 0 Å². The summed E-state index contributed by atoms with van der Waals surface area (Å²) in [5.74, 6) is 0. The molecule has 0 amide bonds. The molecule has 0 bridgehead atoms. The molecule has 1 rings (SSSR count). The van der Waals surface area contributed by atoms with Gasteiger partial charge in [0.05, 0.1) is 0 Å². The summed E-state index contributed by atoms with van der Waals surface area (Å²) in [6.07, 6.45) is 10.0. The van der Waals surface area contributed by atoms with Crippen LogP contribution in [0.15, 0.2) is 30.3 Å². The molecule has 1 heteroatoms. The van der Waals surface area contributed by atoms with Crippen molar-refractivity contribution in [3.8, 4) is 0 Å². The van der Waals surface area contributed by atoms with Crippen LogP contribution in [-0.2, 0) is 0 Å². The average Bonchev–Trinajstić information content (AvgIpc) is 2.34. The zero-order valence-electron chi connectivity index (χ0n) is 10.5. The van der Waals surface area contributed by atoms with E-state index in [-0.39, 0.29) is 0 Å². The van der Waals surface area contributed by atoms with E-state index < -0.39 is 0 Å². The van der Waals surface area contributed by atoms with Crippen LogP contribution < -0.4 is 4.46 Å². The van der Waals surface area contributed by atoms with Crippen molar-refractivity contribution in [2.45, 2.75) is 57.2 Å². The summed E-state index contributed by atoms with van der Waals surface area (Å²) < 4.78 is 1.56. The molecule has 0 radical (unpaired) electrons. The maximum absolute atomic E-state index is 2.28. The Morgan fingerprint density at radius 3 is 2.12 bits per heavy atom. The summed E-state index contributed by atoms with van der Waals surface area (Å²) in [6, 6.07) is 10.9. The first-order chi connectivity index (χ1) is 7.93. The van der Waals surface area contributed by atoms with Gasteiger partial charge in [0.25, 0.3) is 0 Å². The summed E-state index contributed by atoms with van der Waals surface area (Å²) in [7, 11) is 0. The molecular formula is C15H24Se. The molecule has 0 saturated heterocycles. The minimum atomic E-state index is 0.713. The van der Waals surface area contributed by atoms with Crippen LogP contribution in [0.3, 0.4) is 0 Å². The fourth-order valence-electron chi connectivity index (χ4n) is 1.77. The molecule has 0 nitrogen and oxygen atoms in total. The van der Waals surface area contributed by atoms with Crippen molar-refractivity contribution in [2.24, 2.45) is 0 Å². The van der Waals surface area contributed by atoms with E-state index >= 15 is 0 Å². The number of hydrogen-bond acceptors (Lipinski definition) is 0. The van der Waals surface area contributed by atoms with Crippen LogP contribution in [0, 0.1) is 0 Å². The van der Waals surface area contributed by atoms with Crippen LogP contribution in [0.4, 0.5) is 0 Å². The van der Waals surface area contributed by atoms with Gasteiger partial charge in [0.2, 0.25) is 0 Å². The molecule has 0 saturated carbocycles. The van der Waals surface area contributed by atoms with Crippen molar-refractivity contribution in [2.75, 3.05) is 0 Å². The predicted molar refractivity (Wildman–Crippen MR) is 74.6 cm³/mol. The van der Waals surface area contributed by atoms with Crippen LogP contribution in [0.25, 0.3) is 0 Å². The van der Waals surface area contributed by atoms with Crippen molar-refractivity contribution in [1.82, 2.24) is 0 Å². The molecule has 0 aromatic heterocycles. The summed E-state index contributed by atoms with van der Waals surface area (Å²) >= 11 is 0.713. The molecular weight excluding hydrogens is 259 g/mol. The maximum atomic E-state index is 2.28. The summed E-state index contributed by atoms with van der Waals surface area (Å²) in [4.78, 5) is 0. The van der Waals surface area contributed by atoms with Crippen molar-refractivity contribution in [1.29, 1.82) is 0 Å². The monoisotopic (exact) mass is 284 g/mol. The Hall–Kier alpha value is -0.261. The second-order valence-electron chi connectivity index (χ2n) is 4.28. The second-order valence-corrected chi connectivity index (χ2v) is 6.73. The SMILES string of the molecule is CCCCCCCCC[Se]c1ccccc1. The van der Waals surface area contributed by atoms with Gasteiger partial charge in [-0.15, -0.1) is 0 Å². The fraction of sp³-hybridized carbons (Fsp3) is 0.600. The van der Waals surface area contributed by atoms with Crippen LogP contribution >= 0.6 is 0 Å². The van der Waals surface area contributed by atoms with E-state index in [0.717, 1.165) is 0 Å². The fourth-order valence-corrected chi connectivity index (χ4v) is 3.72. The molecule has 0 spiro atoms. The Morgan fingerprint density at radius 2 is 1.44 bits per heavy atom. The van der Waals surface area contributed by atoms with E-state index in [1.165, 1.54) is 50.3 Å². The van der Waals surface area contributed by atoms with Crippen molar-refractivity contribution in [3.63, 3.8) is 0 Å². The number of benzene rings is 1. The third kappa shape index (κ3) is 7.09. The number of hydrogen-bond donors (Lipinski definition) is 0. The molecule has 0 fully saturated rings. The van der Waals surface area contributed by atoms with Gasteiger partial charge in [-0.2, -0.15) is 0 Å². The normalized spacial score (nSPS) is 10.6. The molecule has 0 atom stereocenters. The van der Waals surface area contributed by atoms with Crippen LogP contribution in [0.1, 0.15) is 51.9 Å². The Balaban J connectivity index is 1.89. The van der Waals surface area contributed by atoms with Gasteiger partial charge in [-0.1, -0.05) is 0 Å². The van der Waals surface area contributed by atoms with Gasteiger partial charge in [0.1, 0.15) is 0 Å². The Bertz CT molecular complexity index is 243. The number of rotatable bonds is 9. The molecule has 0 aliphatic heterocycles. The van der Waals surface area contributed by atoms with Gasteiger partial charge in [0.15, 0.2) is 0 Å². The van der Waals surface area contributed by atoms with E-state index in [4.69, 9.17) is 0 Å². The Kier molecular flexibility index (Phi) is 8.57. The van der Waals surface area contributed by atoms with E-state index in [9.17, 15) is 0 Å². The van der Waals surface area contributed by atoms with Gasteiger partial charge in [0, 0.05) is 0 Å². The topological polar surface area (TPSA) is 0 Å². The second kappa shape index (κ2) is 9.93. The van der Waals surface area contributed by atoms with Crippen LogP contribution in [0.2, 0.25) is 5.32 Å². The third-order valence-electron chi connectivity index (χ3n) is 2.76. The van der Waals surface area contributed by atoms with E-state index in [1.807, 2.05) is 0 Å². The zero-order valence-corrected chi connectivity index (χ0v) is 12.2. The molecule has 0 heterocycles. The summed E-state index contributed by atoms with van der Waals surface area (Å²) in [6.45, 7) is 2.28. The summed E-state index contributed by atoms with van der Waals surface area (Å²) in [5.41, 5.74) is 0. The van der Waals surface area contributed by atoms with Crippen molar-refractivity contribution in [3.05, 3.63) is 30.3 Å². The average molecular weight is 283 g/mol. The standard InChI is InChI=1S/C15H24Se/c1-2-3-4-5-6-7-11-14-16-15-12-9-8-10-13-15/h8-10,12-13H,2-7,11,14H2,1H3. The quantitative estimate of drug-likeness (QED) is 0.471. The molecule has 16 heavy (non-hydrogen) atoms. The van der Waals surface area contributed by atoms with E-state index in [1.54, 1.807) is 4.46 Å².